The van der Waals surface area contributed by atoms with E-state index >= 15 is 0 Å². The molecule has 0 unspecified atom stereocenters. The van der Waals surface area contributed by atoms with Crippen molar-refractivity contribution in [3.63, 3.8) is 0 Å². The maximum atomic E-state index is 11.1. The molecule has 0 bridgehead atoms. The molecule has 2 aromatic heterocycles. The van der Waals surface area contributed by atoms with Crippen molar-refractivity contribution >= 4 is 28.0 Å². The van der Waals surface area contributed by atoms with Gasteiger partial charge in [-0.05, 0) is 23.6 Å². The molecule has 2 aromatic carbocycles. The lowest BCUT2D eigenvalue weighted by Crippen LogP contribution is -2.05. The van der Waals surface area contributed by atoms with Gasteiger partial charge < -0.3 is 9.72 Å². The van der Waals surface area contributed by atoms with Gasteiger partial charge in [0.05, 0.1) is 5.69 Å². The van der Waals surface area contributed by atoms with Gasteiger partial charge in [-0.25, -0.2) is 4.98 Å². The lowest BCUT2D eigenvalue weighted by atomic mass is 10.1. The lowest BCUT2D eigenvalue weighted by molar-refractivity contribution is -0.114. The maximum absolute atomic E-state index is 11.1. The Hall–Kier alpha value is -3.14. The van der Waals surface area contributed by atoms with Gasteiger partial charge in [0.15, 0.2) is 0 Å². The van der Waals surface area contributed by atoms with E-state index in [0.29, 0.717) is 0 Å². The Balaban J connectivity index is 1.80. The number of amides is 1. The number of nitrogens with one attached hydrogen (secondary N) is 1. The molecule has 0 fully saturated rings. The first kappa shape index (κ1) is 13.5. The van der Waals surface area contributed by atoms with Crippen LogP contribution in [0.15, 0.2) is 67.0 Å². The molecule has 4 heteroatoms. The van der Waals surface area contributed by atoms with Gasteiger partial charge in [-0.15, -0.1) is 0 Å². The van der Waals surface area contributed by atoms with Crippen molar-refractivity contribution in [1.29, 1.82) is 0 Å². The van der Waals surface area contributed by atoms with Gasteiger partial charge in [-0.2, -0.15) is 0 Å². The van der Waals surface area contributed by atoms with Crippen molar-refractivity contribution in [2.45, 2.75) is 6.92 Å². The number of rotatable bonds is 2. The van der Waals surface area contributed by atoms with Gasteiger partial charge in [0, 0.05) is 36.0 Å². The average molecular weight is 301 g/mol. The number of aromatic nitrogens is 2. The van der Waals surface area contributed by atoms with Crippen molar-refractivity contribution in [2.24, 2.45) is 0 Å². The number of nitrogens with zero attached hydrogens (tertiary/aromatic N) is 2. The quantitative estimate of drug-likeness (QED) is 0.605. The number of carbonyl (C=O) groups excluding carboxylic acids is 1. The number of carbonyl (C=O) groups is 1. The fourth-order valence-corrected chi connectivity index (χ4v) is 2.78. The Morgan fingerprint density at radius 1 is 1.04 bits per heavy atom. The standard InChI is InChI=1S/C19H15N3O/c1-13(23)20-16-8-6-15(7-9-16)18-12-22-11-10-14-4-2-3-5-17(14)19(22)21-18/h2-12H,1H3,(H,20,23). The predicted octanol–water partition coefficient (Wildman–Crippen LogP) is 4.11. The minimum absolute atomic E-state index is 0.0723. The highest BCUT2D eigenvalue weighted by Gasteiger charge is 2.07. The monoisotopic (exact) mass is 301 g/mol. The van der Waals surface area contributed by atoms with Crippen LogP contribution < -0.4 is 5.32 Å². The zero-order chi connectivity index (χ0) is 15.8. The van der Waals surface area contributed by atoms with E-state index in [4.69, 9.17) is 4.98 Å². The zero-order valence-electron chi connectivity index (χ0n) is 12.7. The van der Waals surface area contributed by atoms with Crippen molar-refractivity contribution < 1.29 is 4.79 Å². The van der Waals surface area contributed by atoms with Crippen LogP contribution in [-0.2, 0) is 4.79 Å². The molecule has 0 aliphatic carbocycles. The molecule has 4 rings (SSSR count). The van der Waals surface area contributed by atoms with Crippen molar-refractivity contribution in [3.05, 3.63) is 67.0 Å². The van der Waals surface area contributed by atoms with Crippen LogP contribution in [0, 0.1) is 0 Å². The van der Waals surface area contributed by atoms with Gasteiger partial charge in [0.25, 0.3) is 0 Å². The summed E-state index contributed by atoms with van der Waals surface area (Å²) >= 11 is 0. The van der Waals surface area contributed by atoms with Gasteiger partial charge in [-0.3, -0.25) is 4.79 Å². The largest absolute Gasteiger partial charge is 0.326 e. The van der Waals surface area contributed by atoms with E-state index in [-0.39, 0.29) is 5.91 Å². The van der Waals surface area contributed by atoms with Crippen LogP contribution in [0.5, 0.6) is 0 Å². The summed E-state index contributed by atoms with van der Waals surface area (Å²) in [4.78, 5) is 15.9. The first-order valence-corrected chi connectivity index (χ1v) is 7.45. The van der Waals surface area contributed by atoms with Crippen molar-refractivity contribution in [1.82, 2.24) is 9.38 Å². The van der Waals surface area contributed by atoms with Crippen LogP contribution in [-0.4, -0.2) is 15.3 Å². The second kappa shape index (κ2) is 5.25. The van der Waals surface area contributed by atoms with Crippen LogP contribution in [0.4, 0.5) is 5.69 Å². The van der Waals surface area contributed by atoms with Gasteiger partial charge >= 0.3 is 0 Å². The average Bonchev–Trinajstić information content (AvgIpc) is 2.99. The van der Waals surface area contributed by atoms with Crippen LogP contribution >= 0.6 is 0 Å². The van der Waals surface area contributed by atoms with E-state index in [1.165, 1.54) is 12.3 Å². The van der Waals surface area contributed by atoms with Crippen LogP contribution in [0.1, 0.15) is 6.92 Å². The summed E-state index contributed by atoms with van der Waals surface area (Å²) in [6.45, 7) is 1.50. The van der Waals surface area contributed by atoms with Gasteiger partial charge in [-0.1, -0.05) is 36.4 Å². The zero-order valence-corrected chi connectivity index (χ0v) is 12.7. The first-order chi connectivity index (χ1) is 11.2. The molecule has 0 radical (unpaired) electrons. The minimum Gasteiger partial charge on any atom is -0.326 e. The van der Waals surface area contributed by atoms with Gasteiger partial charge in [0.1, 0.15) is 5.65 Å². The van der Waals surface area contributed by atoms with Crippen LogP contribution in [0.3, 0.4) is 0 Å². The second-order valence-electron chi connectivity index (χ2n) is 5.52. The highest BCUT2D eigenvalue weighted by Crippen LogP contribution is 2.25. The van der Waals surface area contributed by atoms with E-state index in [1.807, 2.05) is 53.2 Å². The fraction of sp³-hybridized carbons (Fsp3) is 0.0526. The highest BCUT2D eigenvalue weighted by atomic mass is 16.1. The van der Waals surface area contributed by atoms with E-state index in [9.17, 15) is 4.79 Å². The molecule has 0 aliphatic heterocycles. The molecule has 4 nitrogen and oxygen atoms in total. The summed E-state index contributed by atoms with van der Waals surface area (Å²) in [5.74, 6) is -0.0723. The van der Waals surface area contributed by atoms with Crippen molar-refractivity contribution in [3.8, 4) is 11.3 Å². The molecular weight excluding hydrogens is 286 g/mol. The molecular formula is C19H15N3O. The molecule has 4 aromatic rings. The SMILES string of the molecule is CC(=O)Nc1ccc(-c2cn3ccc4ccccc4c3n2)cc1. The van der Waals surface area contributed by atoms with E-state index in [1.54, 1.807) is 0 Å². The summed E-state index contributed by atoms with van der Waals surface area (Å²) in [5.41, 5.74) is 3.67. The lowest BCUT2D eigenvalue weighted by Gasteiger charge is -2.02. The molecule has 23 heavy (non-hydrogen) atoms. The van der Waals surface area contributed by atoms with E-state index in [0.717, 1.165) is 28.0 Å². The van der Waals surface area contributed by atoms with Crippen molar-refractivity contribution in [2.75, 3.05) is 5.32 Å². The normalized spacial score (nSPS) is 11.0. The van der Waals surface area contributed by atoms with E-state index in [2.05, 4.69) is 23.5 Å². The van der Waals surface area contributed by atoms with Gasteiger partial charge in [0.2, 0.25) is 5.91 Å². The molecule has 0 atom stereocenters. The Morgan fingerprint density at radius 3 is 2.61 bits per heavy atom. The van der Waals surface area contributed by atoms with Crippen LogP contribution in [0.25, 0.3) is 27.7 Å². The summed E-state index contributed by atoms with van der Waals surface area (Å²) in [7, 11) is 0. The number of benzene rings is 2. The number of hydrogen-bond acceptors (Lipinski definition) is 2. The number of hydrogen-bond donors (Lipinski definition) is 1. The third kappa shape index (κ3) is 2.44. The second-order valence-corrected chi connectivity index (χ2v) is 5.52. The Labute approximate surface area is 133 Å². The molecule has 1 amide bonds. The maximum Gasteiger partial charge on any atom is 0.221 e. The molecule has 112 valence electrons. The third-order valence-corrected chi connectivity index (χ3v) is 3.85. The Morgan fingerprint density at radius 2 is 1.83 bits per heavy atom. The number of anilines is 1. The summed E-state index contributed by atoms with van der Waals surface area (Å²) in [6.07, 6.45) is 4.05. The molecule has 0 saturated heterocycles. The third-order valence-electron chi connectivity index (χ3n) is 3.85. The molecule has 2 heterocycles. The highest BCUT2D eigenvalue weighted by molar-refractivity contribution is 5.94. The molecule has 0 spiro atoms. The number of fused-ring (bicyclic) bond motifs is 3. The summed E-state index contributed by atoms with van der Waals surface area (Å²) < 4.78 is 2.04. The molecule has 0 saturated carbocycles. The number of pyridine rings is 1. The smallest absolute Gasteiger partial charge is 0.221 e. The minimum atomic E-state index is -0.0723. The molecule has 0 aliphatic rings. The number of imidazole rings is 1. The topological polar surface area (TPSA) is 46.4 Å². The fourth-order valence-electron chi connectivity index (χ4n) is 2.78. The molecule has 1 N–H and O–H groups in total. The predicted molar refractivity (Wildman–Crippen MR) is 92.4 cm³/mol. The van der Waals surface area contributed by atoms with Crippen LogP contribution in [0.2, 0.25) is 0 Å². The Bertz CT molecular complexity index is 1020. The first-order valence-electron chi connectivity index (χ1n) is 7.45. The van der Waals surface area contributed by atoms with E-state index < -0.39 is 0 Å². The Kier molecular flexibility index (Phi) is 3.08. The summed E-state index contributed by atoms with van der Waals surface area (Å²) in [6, 6.07) is 18.0. The summed E-state index contributed by atoms with van der Waals surface area (Å²) in [5, 5.41) is 5.08.